The van der Waals surface area contributed by atoms with E-state index in [1.54, 1.807) is 6.07 Å². The first-order valence-electron chi connectivity index (χ1n) is 6.43. The Morgan fingerprint density at radius 3 is 2.63 bits per heavy atom. The van der Waals surface area contributed by atoms with Crippen molar-refractivity contribution in [3.63, 3.8) is 0 Å². The summed E-state index contributed by atoms with van der Waals surface area (Å²) in [5, 5.41) is 0. The van der Waals surface area contributed by atoms with Crippen LogP contribution in [-0.4, -0.2) is 36.6 Å². The second-order valence-electron chi connectivity index (χ2n) is 4.85. The van der Waals surface area contributed by atoms with Crippen molar-refractivity contribution in [2.24, 2.45) is 0 Å². The van der Waals surface area contributed by atoms with E-state index in [2.05, 4.69) is 4.90 Å². The predicted molar refractivity (Wildman–Crippen MR) is 74.4 cm³/mol. The smallest absolute Gasteiger partial charge is 0.231 e. The predicted octanol–water partition coefficient (Wildman–Crippen LogP) is 2.50. The molecule has 0 spiro atoms. The summed E-state index contributed by atoms with van der Waals surface area (Å²) < 4.78 is 10.6. The second-order valence-corrected chi connectivity index (χ2v) is 4.85. The zero-order chi connectivity index (χ0) is 12.5. The third-order valence-electron chi connectivity index (χ3n) is 3.72. The topological polar surface area (TPSA) is 38.8 Å². The number of Topliss-reactive ketones (excluding diaryl/α,β-unsaturated/α-hetero) is 1. The molecule has 1 aromatic rings. The molecule has 0 aliphatic carbocycles. The third kappa shape index (κ3) is 2.69. The average Bonchev–Trinajstić information content (AvgIpc) is 3.06. The average molecular weight is 284 g/mol. The quantitative estimate of drug-likeness (QED) is 0.799. The number of ketones is 1. The first-order chi connectivity index (χ1) is 8.75. The van der Waals surface area contributed by atoms with Crippen molar-refractivity contribution in [3.8, 4) is 11.5 Å². The van der Waals surface area contributed by atoms with Crippen LogP contribution in [0.15, 0.2) is 18.2 Å². The molecule has 0 bridgehead atoms. The molecular formula is C14H18ClNO3. The lowest BCUT2D eigenvalue weighted by Gasteiger charge is -2.22. The number of halogens is 1. The Morgan fingerprint density at radius 1 is 1.21 bits per heavy atom. The summed E-state index contributed by atoms with van der Waals surface area (Å²) in [6.45, 7) is 4.28. The second kappa shape index (κ2) is 5.80. The van der Waals surface area contributed by atoms with Gasteiger partial charge in [0.05, 0.1) is 6.04 Å². The molecule has 1 aromatic carbocycles. The molecule has 104 valence electrons. The van der Waals surface area contributed by atoms with E-state index in [4.69, 9.17) is 9.47 Å². The number of hydrogen-bond donors (Lipinski definition) is 0. The molecule has 2 heterocycles. The molecule has 2 aliphatic heterocycles. The molecule has 4 nitrogen and oxygen atoms in total. The van der Waals surface area contributed by atoms with Gasteiger partial charge in [-0.2, -0.15) is 0 Å². The molecule has 0 saturated carbocycles. The molecule has 19 heavy (non-hydrogen) atoms. The van der Waals surface area contributed by atoms with Crippen LogP contribution in [0.3, 0.4) is 0 Å². The number of likely N-dealkylation sites (tertiary alicyclic amines) is 1. The summed E-state index contributed by atoms with van der Waals surface area (Å²) >= 11 is 0. The highest BCUT2D eigenvalue weighted by Crippen LogP contribution is 2.33. The monoisotopic (exact) mass is 283 g/mol. The molecule has 0 amide bonds. The van der Waals surface area contributed by atoms with Gasteiger partial charge in [0.1, 0.15) is 0 Å². The van der Waals surface area contributed by atoms with Gasteiger partial charge in [0, 0.05) is 5.56 Å². The van der Waals surface area contributed by atoms with Crippen LogP contribution >= 0.6 is 12.4 Å². The Bertz CT molecular complexity index is 472. The van der Waals surface area contributed by atoms with Crippen LogP contribution in [0.1, 0.15) is 30.1 Å². The van der Waals surface area contributed by atoms with Gasteiger partial charge < -0.3 is 9.47 Å². The molecule has 2 aliphatic rings. The molecule has 0 N–H and O–H groups in total. The van der Waals surface area contributed by atoms with Gasteiger partial charge in [-0.15, -0.1) is 12.4 Å². The maximum atomic E-state index is 12.4. The molecule has 1 unspecified atom stereocenters. The molecule has 0 aromatic heterocycles. The van der Waals surface area contributed by atoms with Crippen LogP contribution in [0.2, 0.25) is 0 Å². The highest BCUT2D eigenvalue weighted by molar-refractivity contribution is 6.00. The third-order valence-corrected chi connectivity index (χ3v) is 3.72. The number of carbonyl (C=O) groups excluding carboxylic acids is 1. The highest BCUT2D eigenvalue weighted by atomic mass is 35.5. The Hall–Kier alpha value is -1.26. The number of carbonyl (C=O) groups is 1. The minimum absolute atomic E-state index is 0. The number of rotatable bonds is 3. The minimum atomic E-state index is -0.0483. The van der Waals surface area contributed by atoms with Crippen molar-refractivity contribution in [1.29, 1.82) is 0 Å². The van der Waals surface area contributed by atoms with Crippen LogP contribution in [0, 0.1) is 0 Å². The van der Waals surface area contributed by atoms with Crippen molar-refractivity contribution in [1.82, 2.24) is 4.90 Å². The fraction of sp³-hybridized carbons (Fsp3) is 0.500. The lowest BCUT2D eigenvalue weighted by molar-refractivity contribution is 0.0866. The van der Waals surface area contributed by atoms with E-state index < -0.39 is 0 Å². The van der Waals surface area contributed by atoms with Crippen LogP contribution in [0.25, 0.3) is 0 Å². The minimum Gasteiger partial charge on any atom is -0.454 e. The molecule has 3 rings (SSSR count). The number of ether oxygens (including phenoxy) is 2. The lowest BCUT2D eigenvalue weighted by Crippen LogP contribution is -2.36. The lowest BCUT2D eigenvalue weighted by atomic mass is 10.0. The summed E-state index contributed by atoms with van der Waals surface area (Å²) in [7, 11) is 0. The Balaban J connectivity index is 0.00000133. The van der Waals surface area contributed by atoms with Gasteiger partial charge in [-0.1, -0.05) is 0 Å². The largest absolute Gasteiger partial charge is 0.454 e. The first-order valence-corrected chi connectivity index (χ1v) is 6.43. The number of nitrogens with zero attached hydrogens (tertiary/aromatic N) is 1. The first kappa shape index (κ1) is 14.2. The molecule has 0 radical (unpaired) electrons. The van der Waals surface area contributed by atoms with Gasteiger partial charge in [0.25, 0.3) is 0 Å². The number of hydrogen-bond acceptors (Lipinski definition) is 4. The normalized spacial score (nSPS) is 19.0. The van der Waals surface area contributed by atoms with Gasteiger partial charge in [-0.05, 0) is 51.1 Å². The maximum Gasteiger partial charge on any atom is 0.231 e. The zero-order valence-corrected chi connectivity index (χ0v) is 11.7. The van der Waals surface area contributed by atoms with E-state index in [9.17, 15) is 4.79 Å². The van der Waals surface area contributed by atoms with Crippen molar-refractivity contribution in [2.45, 2.75) is 25.8 Å². The summed E-state index contributed by atoms with van der Waals surface area (Å²) in [5.74, 6) is 1.56. The van der Waals surface area contributed by atoms with Crippen molar-refractivity contribution in [3.05, 3.63) is 23.8 Å². The standard InChI is InChI=1S/C14H17NO3.ClH/c1-10(15-6-2-3-7-15)14(16)11-4-5-12-13(8-11)18-9-17-12;/h4-5,8,10H,2-3,6-7,9H2,1H3;1H. The fourth-order valence-electron chi connectivity index (χ4n) is 2.59. The van der Waals surface area contributed by atoms with E-state index in [-0.39, 0.29) is 31.0 Å². The van der Waals surface area contributed by atoms with Crippen molar-refractivity contribution < 1.29 is 14.3 Å². The summed E-state index contributed by atoms with van der Waals surface area (Å²) in [5.41, 5.74) is 0.707. The van der Waals surface area contributed by atoms with Gasteiger partial charge in [-0.25, -0.2) is 0 Å². The van der Waals surface area contributed by atoms with Crippen molar-refractivity contribution in [2.75, 3.05) is 19.9 Å². The van der Waals surface area contributed by atoms with E-state index in [0.717, 1.165) is 18.8 Å². The summed E-state index contributed by atoms with van der Waals surface area (Å²) in [6.07, 6.45) is 2.39. The zero-order valence-electron chi connectivity index (χ0n) is 10.9. The van der Waals surface area contributed by atoms with Crippen LogP contribution < -0.4 is 9.47 Å². The van der Waals surface area contributed by atoms with Crippen LogP contribution in [0.5, 0.6) is 11.5 Å². The van der Waals surface area contributed by atoms with Gasteiger partial charge in [0.15, 0.2) is 17.3 Å². The summed E-state index contributed by atoms with van der Waals surface area (Å²) in [4.78, 5) is 14.6. The van der Waals surface area contributed by atoms with Crippen LogP contribution in [-0.2, 0) is 0 Å². The highest BCUT2D eigenvalue weighted by Gasteiger charge is 2.26. The number of fused-ring (bicyclic) bond motifs is 1. The Morgan fingerprint density at radius 2 is 1.89 bits per heavy atom. The molecule has 1 fully saturated rings. The summed E-state index contributed by atoms with van der Waals surface area (Å²) in [6, 6.07) is 5.37. The van der Waals surface area contributed by atoms with E-state index in [1.807, 2.05) is 19.1 Å². The maximum absolute atomic E-state index is 12.4. The Kier molecular flexibility index (Phi) is 4.32. The van der Waals surface area contributed by atoms with Crippen molar-refractivity contribution >= 4 is 18.2 Å². The fourth-order valence-corrected chi connectivity index (χ4v) is 2.59. The van der Waals surface area contributed by atoms with Gasteiger partial charge in [-0.3, -0.25) is 9.69 Å². The van der Waals surface area contributed by atoms with Crippen LogP contribution in [0.4, 0.5) is 0 Å². The van der Waals surface area contributed by atoms with E-state index >= 15 is 0 Å². The number of benzene rings is 1. The van der Waals surface area contributed by atoms with Gasteiger partial charge >= 0.3 is 0 Å². The molecule has 1 atom stereocenters. The van der Waals surface area contributed by atoms with Gasteiger partial charge in [0.2, 0.25) is 6.79 Å². The van der Waals surface area contributed by atoms with E-state index in [0.29, 0.717) is 11.3 Å². The molecule has 5 heteroatoms. The SMILES string of the molecule is CC(C(=O)c1ccc2c(c1)OCO2)N1CCCC1.Cl. The Labute approximate surface area is 119 Å². The molecule has 1 saturated heterocycles. The van der Waals surface area contributed by atoms with E-state index in [1.165, 1.54) is 12.8 Å². The molecular weight excluding hydrogens is 266 g/mol.